The van der Waals surface area contributed by atoms with Gasteiger partial charge >= 0.3 is 5.97 Å². The van der Waals surface area contributed by atoms with Crippen molar-refractivity contribution >= 4 is 17.7 Å². The fraction of sp³-hybridized carbons (Fsp3) is 0.333. The first-order chi connectivity index (χ1) is 6.59. The average molecular weight is 212 g/mol. The Balaban J connectivity index is 2.43. The maximum atomic E-state index is 10.8. The van der Waals surface area contributed by atoms with Crippen LogP contribution in [0.4, 0.5) is 0 Å². The Morgan fingerprint density at radius 3 is 2.93 bits per heavy atom. The lowest BCUT2D eigenvalue weighted by Gasteiger charge is -1.96. The van der Waals surface area contributed by atoms with Gasteiger partial charge in [0.25, 0.3) is 5.03 Å². The van der Waals surface area contributed by atoms with Crippen LogP contribution in [0.25, 0.3) is 0 Å². The van der Waals surface area contributed by atoms with Crippen molar-refractivity contribution in [2.24, 2.45) is 0 Å². The van der Waals surface area contributed by atoms with Crippen LogP contribution in [0.1, 0.15) is 5.69 Å². The molecule has 1 aromatic rings. The van der Waals surface area contributed by atoms with E-state index in [1.165, 1.54) is 11.8 Å². The molecule has 2 rings (SSSR count). The van der Waals surface area contributed by atoms with Crippen LogP contribution >= 0.6 is 11.8 Å². The smallest absolute Gasteiger partial charge is 0.323 e. The van der Waals surface area contributed by atoms with Crippen LogP contribution in [0.3, 0.4) is 0 Å². The first-order valence-corrected chi connectivity index (χ1v) is 5.09. The molecule has 74 valence electrons. The van der Waals surface area contributed by atoms with Crippen LogP contribution in [-0.2, 0) is 11.3 Å². The van der Waals surface area contributed by atoms with Crippen molar-refractivity contribution in [3.05, 3.63) is 17.8 Å². The number of fused-ring (bicyclic) bond motifs is 1. The Morgan fingerprint density at radius 2 is 2.36 bits per heavy atom. The zero-order valence-electron chi connectivity index (χ0n) is 7.60. The molecule has 0 aromatic carbocycles. The summed E-state index contributed by atoms with van der Waals surface area (Å²) in [5.74, 6) is -0.679. The van der Waals surface area contributed by atoms with E-state index in [9.17, 15) is 9.90 Å². The van der Waals surface area contributed by atoms with E-state index in [1.807, 2.05) is 11.5 Å². The number of hydrogen-bond acceptors (Lipinski definition) is 3. The Hall–Kier alpha value is -1.23. The molecule has 0 saturated heterocycles. The lowest BCUT2D eigenvalue weighted by atomic mass is 10.3. The van der Waals surface area contributed by atoms with E-state index in [2.05, 4.69) is 0 Å². The molecule has 1 aromatic heterocycles. The van der Waals surface area contributed by atoms with Gasteiger partial charge in [-0.2, -0.15) is 4.57 Å². The molecule has 5 heteroatoms. The molecular weight excluding hydrogens is 202 g/mol. The van der Waals surface area contributed by atoms with Crippen LogP contribution < -0.4 is 4.57 Å². The molecule has 2 N–H and O–H groups in total. The van der Waals surface area contributed by atoms with Crippen molar-refractivity contribution in [3.8, 4) is 5.75 Å². The summed E-state index contributed by atoms with van der Waals surface area (Å²) in [5.41, 5.74) is 0.967. The third kappa shape index (κ3) is 1.33. The number of aromatic hydroxyl groups is 1. The second-order valence-electron chi connectivity index (χ2n) is 3.22. The van der Waals surface area contributed by atoms with Gasteiger partial charge in [0.15, 0.2) is 23.2 Å². The van der Waals surface area contributed by atoms with Crippen molar-refractivity contribution in [2.45, 2.75) is 23.7 Å². The fourth-order valence-corrected chi connectivity index (χ4v) is 2.60. The number of pyridine rings is 1. The summed E-state index contributed by atoms with van der Waals surface area (Å²) < 4.78 is 1.83. The molecule has 0 bridgehead atoms. The monoisotopic (exact) mass is 212 g/mol. The van der Waals surface area contributed by atoms with E-state index in [4.69, 9.17) is 5.11 Å². The topological polar surface area (TPSA) is 61.4 Å². The van der Waals surface area contributed by atoms with Crippen LogP contribution in [-0.4, -0.2) is 21.4 Å². The molecule has 0 amide bonds. The Kier molecular flexibility index (Phi) is 2.11. The average Bonchev–Trinajstić information content (AvgIpc) is 2.57. The highest BCUT2D eigenvalue weighted by atomic mass is 32.2. The van der Waals surface area contributed by atoms with E-state index in [0.29, 0.717) is 11.6 Å². The lowest BCUT2D eigenvalue weighted by molar-refractivity contribution is -0.731. The summed E-state index contributed by atoms with van der Waals surface area (Å²) in [6.45, 7) is 2.32. The van der Waals surface area contributed by atoms with Gasteiger partial charge in [0.2, 0.25) is 0 Å². The van der Waals surface area contributed by atoms with Gasteiger partial charge < -0.3 is 10.2 Å². The molecule has 2 heterocycles. The quantitative estimate of drug-likeness (QED) is 0.667. The van der Waals surface area contributed by atoms with Crippen molar-refractivity contribution < 1.29 is 19.6 Å². The molecule has 0 aliphatic carbocycles. The maximum Gasteiger partial charge on any atom is 0.323 e. The van der Waals surface area contributed by atoms with Crippen LogP contribution in [0.15, 0.2) is 17.2 Å². The number of aromatic nitrogens is 1. The van der Waals surface area contributed by atoms with Gasteiger partial charge in [0.1, 0.15) is 0 Å². The van der Waals surface area contributed by atoms with Gasteiger partial charge in [-0.05, 0) is 17.8 Å². The third-order valence-corrected chi connectivity index (χ3v) is 3.54. The molecule has 1 atom stereocenters. The molecule has 4 nitrogen and oxygen atoms in total. The molecule has 0 radical (unpaired) electrons. The molecule has 14 heavy (non-hydrogen) atoms. The van der Waals surface area contributed by atoms with Gasteiger partial charge in [-0.1, -0.05) is 0 Å². The Bertz CT molecular complexity index is 374. The van der Waals surface area contributed by atoms with Crippen LogP contribution in [0.5, 0.6) is 5.75 Å². The first kappa shape index (κ1) is 9.33. The Labute approximate surface area is 85.2 Å². The van der Waals surface area contributed by atoms with Crippen molar-refractivity contribution in [1.82, 2.24) is 0 Å². The van der Waals surface area contributed by atoms with E-state index >= 15 is 0 Å². The van der Waals surface area contributed by atoms with E-state index < -0.39 is 11.2 Å². The number of thioether (sulfide) groups is 1. The van der Waals surface area contributed by atoms with Gasteiger partial charge in [-0.25, -0.2) is 0 Å². The molecule has 0 spiro atoms. The van der Waals surface area contributed by atoms with E-state index in [1.54, 1.807) is 12.1 Å². The minimum absolute atomic E-state index is 0.157. The minimum Gasteiger partial charge on any atom is -0.502 e. The predicted molar refractivity (Wildman–Crippen MR) is 50.3 cm³/mol. The highest BCUT2D eigenvalue weighted by Crippen LogP contribution is 2.33. The number of nitrogens with zero attached hydrogens (tertiary/aromatic N) is 1. The fourth-order valence-electron chi connectivity index (χ4n) is 1.48. The third-order valence-electron chi connectivity index (χ3n) is 2.25. The highest BCUT2D eigenvalue weighted by molar-refractivity contribution is 8.00. The lowest BCUT2D eigenvalue weighted by Crippen LogP contribution is -2.39. The van der Waals surface area contributed by atoms with Gasteiger partial charge in [0.05, 0.1) is 0 Å². The number of aryl methyl sites for hydroxylation is 1. The number of carboxylic acids is 1. The van der Waals surface area contributed by atoms with Crippen molar-refractivity contribution in [2.75, 3.05) is 0 Å². The number of carbonyl (C=O) groups is 1. The van der Waals surface area contributed by atoms with Crippen molar-refractivity contribution in [1.29, 1.82) is 0 Å². The summed E-state index contributed by atoms with van der Waals surface area (Å²) in [4.78, 5) is 10.8. The van der Waals surface area contributed by atoms with Crippen LogP contribution in [0, 0.1) is 6.92 Å². The van der Waals surface area contributed by atoms with Gasteiger partial charge in [0, 0.05) is 13.0 Å². The normalized spacial score (nSPS) is 19.4. The molecule has 0 saturated carbocycles. The molecule has 1 aliphatic heterocycles. The molecule has 0 fully saturated rings. The van der Waals surface area contributed by atoms with Gasteiger partial charge in [-0.3, -0.25) is 4.79 Å². The summed E-state index contributed by atoms with van der Waals surface area (Å²) in [5, 5.41) is 18.5. The van der Waals surface area contributed by atoms with Crippen molar-refractivity contribution in [3.63, 3.8) is 0 Å². The number of aliphatic carboxylic acids is 1. The summed E-state index contributed by atoms with van der Waals surface area (Å²) in [6, 6.07) is 3.38. The second-order valence-corrected chi connectivity index (χ2v) is 4.41. The minimum atomic E-state index is -0.836. The van der Waals surface area contributed by atoms with Crippen LogP contribution in [0.2, 0.25) is 0 Å². The van der Waals surface area contributed by atoms with Gasteiger partial charge in [-0.15, -0.1) is 0 Å². The summed E-state index contributed by atoms with van der Waals surface area (Å²) in [7, 11) is 0. The largest absolute Gasteiger partial charge is 0.502 e. The summed E-state index contributed by atoms with van der Waals surface area (Å²) >= 11 is 1.20. The molecule has 1 aliphatic rings. The first-order valence-electron chi connectivity index (χ1n) is 4.21. The Morgan fingerprint density at radius 1 is 1.64 bits per heavy atom. The van der Waals surface area contributed by atoms with E-state index in [0.717, 1.165) is 5.69 Å². The number of carboxylic acid groups (broad SMARTS) is 1. The van der Waals surface area contributed by atoms with E-state index in [-0.39, 0.29) is 5.75 Å². The standard InChI is InChI=1S/C9H9NO3S/c1-5-2-3-6(11)8-10(5)4-7(14-8)9(12)13/h2-3,7H,4H2,1H3,(H-,11,12,13)/p+1. The number of rotatable bonds is 1. The zero-order valence-corrected chi connectivity index (χ0v) is 8.41. The molecule has 1 unspecified atom stereocenters. The molecular formula is C9H10NO3S+. The SMILES string of the molecule is Cc1ccc(O)c2[n+]1CC(C(=O)O)S2. The second kappa shape index (κ2) is 3.16. The number of hydrogen-bond donors (Lipinski definition) is 2. The predicted octanol–water partition coefficient (Wildman–Crippen LogP) is 0.547. The highest BCUT2D eigenvalue weighted by Gasteiger charge is 2.38. The maximum absolute atomic E-state index is 10.8. The summed E-state index contributed by atoms with van der Waals surface area (Å²) in [6.07, 6.45) is 0. The zero-order chi connectivity index (χ0) is 10.3.